The maximum Gasteiger partial charge on any atom is 0.416 e. The van der Waals surface area contributed by atoms with Crippen LogP contribution in [0, 0.1) is 0 Å². The van der Waals surface area contributed by atoms with Crippen LogP contribution in [-0.4, -0.2) is 15.7 Å². The first-order chi connectivity index (χ1) is 9.79. The van der Waals surface area contributed by atoms with Crippen molar-refractivity contribution in [3.05, 3.63) is 47.3 Å². The van der Waals surface area contributed by atoms with Crippen molar-refractivity contribution in [1.29, 1.82) is 0 Å². The smallest absolute Gasteiger partial charge is 0.396 e. The second-order valence-electron chi connectivity index (χ2n) is 4.44. The summed E-state index contributed by atoms with van der Waals surface area (Å²) in [6.45, 7) is -0.259. The standard InChI is InChI=1S/C13H13F3N4O/c1-20-7-10(17)11(19-20)12(21)18-6-8-4-2-3-5-9(8)13(14,15)16/h2-5,7H,6,17H2,1H3,(H,18,21). The molecule has 8 heteroatoms. The molecule has 0 atom stereocenters. The lowest BCUT2D eigenvalue weighted by Gasteiger charge is -2.12. The summed E-state index contributed by atoms with van der Waals surface area (Å²) in [5, 5.41) is 6.24. The van der Waals surface area contributed by atoms with Crippen LogP contribution >= 0.6 is 0 Å². The molecule has 1 heterocycles. The molecule has 0 radical (unpaired) electrons. The van der Waals surface area contributed by atoms with Crippen molar-refractivity contribution >= 4 is 11.6 Å². The number of aromatic nitrogens is 2. The lowest BCUT2D eigenvalue weighted by molar-refractivity contribution is -0.138. The van der Waals surface area contributed by atoms with Crippen LogP contribution in [0.3, 0.4) is 0 Å². The van der Waals surface area contributed by atoms with E-state index in [0.717, 1.165) is 6.07 Å². The number of rotatable bonds is 3. The molecule has 21 heavy (non-hydrogen) atoms. The van der Waals surface area contributed by atoms with E-state index in [1.54, 1.807) is 7.05 Å². The van der Waals surface area contributed by atoms with Crippen molar-refractivity contribution in [1.82, 2.24) is 15.1 Å². The van der Waals surface area contributed by atoms with Gasteiger partial charge in [-0.2, -0.15) is 18.3 Å². The lowest BCUT2D eigenvalue weighted by Crippen LogP contribution is -2.25. The second kappa shape index (κ2) is 5.47. The van der Waals surface area contributed by atoms with Gasteiger partial charge in [-0.05, 0) is 11.6 Å². The summed E-state index contributed by atoms with van der Waals surface area (Å²) in [6.07, 6.45) is -3.02. The average Bonchev–Trinajstić information content (AvgIpc) is 2.74. The number of hydrogen-bond donors (Lipinski definition) is 2. The highest BCUT2D eigenvalue weighted by Crippen LogP contribution is 2.31. The Morgan fingerprint density at radius 2 is 2.05 bits per heavy atom. The molecule has 1 aromatic heterocycles. The van der Waals surface area contributed by atoms with Gasteiger partial charge >= 0.3 is 6.18 Å². The number of hydrogen-bond acceptors (Lipinski definition) is 3. The van der Waals surface area contributed by atoms with E-state index in [2.05, 4.69) is 10.4 Å². The highest BCUT2D eigenvalue weighted by atomic mass is 19.4. The third-order valence-electron chi connectivity index (χ3n) is 2.83. The molecule has 0 saturated carbocycles. The fraction of sp³-hybridized carbons (Fsp3) is 0.231. The number of nitrogen functional groups attached to an aromatic ring is 1. The molecule has 5 nitrogen and oxygen atoms in total. The van der Waals surface area contributed by atoms with Crippen LogP contribution in [0.25, 0.3) is 0 Å². The van der Waals surface area contributed by atoms with Gasteiger partial charge in [0.15, 0.2) is 5.69 Å². The number of anilines is 1. The van der Waals surface area contributed by atoms with Crippen LogP contribution in [-0.2, 0) is 19.8 Å². The van der Waals surface area contributed by atoms with E-state index < -0.39 is 17.6 Å². The van der Waals surface area contributed by atoms with Gasteiger partial charge in [-0.3, -0.25) is 9.48 Å². The van der Waals surface area contributed by atoms with Crippen molar-refractivity contribution < 1.29 is 18.0 Å². The third-order valence-corrected chi connectivity index (χ3v) is 2.83. The fourth-order valence-corrected chi connectivity index (χ4v) is 1.89. The molecule has 0 bridgehead atoms. The van der Waals surface area contributed by atoms with Crippen molar-refractivity contribution in [3.8, 4) is 0 Å². The molecule has 2 aromatic rings. The molecule has 0 saturated heterocycles. The van der Waals surface area contributed by atoms with E-state index in [1.807, 2.05) is 0 Å². The summed E-state index contributed by atoms with van der Waals surface area (Å²) >= 11 is 0. The third kappa shape index (κ3) is 3.33. The Morgan fingerprint density at radius 3 is 2.62 bits per heavy atom. The molecule has 0 spiro atoms. The average molecular weight is 298 g/mol. The summed E-state index contributed by atoms with van der Waals surface area (Å²) in [4.78, 5) is 11.9. The van der Waals surface area contributed by atoms with E-state index in [-0.39, 0.29) is 23.5 Å². The quantitative estimate of drug-likeness (QED) is 0.909. The Bertz CT molecular complexity index is 664. The molecule has 3 N–H and O–H groups in total. The van der Waals surface area contributed by atoms with Crippen LogP contribution in [0.1, 0.15) is 21.6 Å². The number of nitrogens with one attached hydrogen (secondary N) is 1. The number of nitrogens with two attached hydrogens (primary N) is 1. The van der Waals surface area contributed by atoms with Gasteiger partial charge in [0.05, 0.1) is 11.3 Å². The van der Waals surface area contributed by atoms with Crippen molar-refractivity contribution in [3.63, 3.8) is 0 Å². The summed E-state index contributed by atoms with van der Waals surface area (Å²) in [6, 6.07) is 5.05. The maximum atomic E-state index is 12.8. The SMILES string of the molecule is Cn1cc(N)c(C(=O)NCc2ccccc2C(F)(F)F)n1. The first-order valence-electron chi connectivity index (χ1n) is 6.01. The molecule has 1 aromatic carbocycles. The Kier molecular flexibility index (Phi) is 3.88. The first-order valence-corrected chi connectivity index (χ1v) is 6.01. The Balaban J connectivity index is 2.14. The maximum absolute atomic E-state index is 12.8. The van der Waals surface area contributed by atoms with Crippen LogP contribution in [0.15, 0.2) is 30.5 Å². The van der Waals surface area contributed by atoms with E-state index in [1.165, 1.54) is 29.1 Å². The van der Waals surface area contributed by atoms with Crippen molar-refractivity contribution in [2.45, 2.75) is 12.7 Å². The summed E-state index contributed by atoms with van der Waals surface area (Å²) in [5.41, 5.74) is 4.94. The van der Waals surface area contributed by atoms with Crippen LogP contribution in [0.4, 0.5) is 18.9 Å². The van der Waals surface area contributed by atoms with Crippen LogP contribution in [0.2, 0.25) is 0 Å². The molecule has 112 valence electrons. The topological polar surface area (TPSA) is 72.9 Å². The fourth-order valence-electron chi connectivity index (χ4n) is 1.89. The summed E-state index contributed by atoms with van der Waals surface area (Å²) in [5.74, 6) is -0.620. The van der Waals surface area contributed by atoms with Gasteiger partial charge < -0.3 is 11.1 Å². The highest BCUT2D eigenvalue weighted by molar-refractivity contribution is 5.96. The Hall–Kier alpha value is -2.51. The van der Waals surface area contributed by atoms with Crippen LogP contribution < -0.4 is 11.1 Å². The van der Waals surface area contributed by atoms with Gasteiger partial charge in [-0.15, -0.1) is 0 Å². The van der Waals surface area contributed by atoms with Gasteiger partial charge in [0.2, 0.25) is 0 Å². The number of carbonyl (C=O) groups is 1. The predicted molar refractivity (Wildman–Crippen MR) is 70.2 cm³/mol. The van der Waals surface area contributed by atoms with Gasteiger partial charge in [-0.1, -0.05) is 18.2 Å². The summed E-state index contributed by atoms with van der Waals surface area (Å²) in [7, 11) is 1.59. The van der Waals surface area contributed by atoms with Crippen molar-refractivity contribution in [2.75, 3.05) is 5.73 Å². The zero-order chi connectivity index (χ0) is 15.6. The molecule has 0 aliphatic carbocycles. The minimum absolute atomic E-state index is 0.0120. The molecule has 2 rings (SSSR count). The number of alkyl halides is 3. The second-order valence-corrected chi connectivity index (χ2v) is 4.44. The number of amides is 1. The predicted octanol–water partition coefficient (Wildman–Crippen LogP) is 1.95. The van der Waals surface area contributed by atoms with E-state index in [0.29, 0.717) is 0 Å². The van der Waals surface area contributed by atoms with E-state index in [4.69, 9.17) is 5.73 Å². The minimum atomic E-state index is -4.47. The first kappa shape index (κ1) is 14.9. The molecule has 1 amide bonds. The van der Waals surface area contributed by atoms with Gasteiger partial charge in [0, 0.05) is 19.8 Å². The largest absolute Gasteiger partial charge is 0.416 e. The number of halogens is 3. The number of aryl methyl sites for hydroxylation is 1. The van der Waals surface area contributed by atoms with Crippen LogP contribution in [0.5, 0.6) is 0 Å². The number of benzene rings is 1. The van der Waals surface area contributed by atoms with E-state index in [9.17, 15) is 18.0 Å². The zero-order valence-corrected chi connectivity index (χ0v) is 11.1. The molecule has 0 unspecified atom stereocenters. The molecule has 0 aliphatic rings. The Labute approximate surface area is 118 Å². The normalized spacial score (nSPS) is 11.4. The van der Waals surface area contributed by atoms with Crippen molar-refractivity contribution in [2.24, 2.45) is 7.05 Å². The van der Waals surface area contributed by atoms with Gasteiger partial charge in [0.25, 0.3) is 5.91 Å². The highest BCUT2D eigenvalue weighted by Gasteiger charge is 2.32. The van der Waals surface area contributed by atoms with E-state index >= 15 is 0 Å². The Morgan fingerprint density at radius 1 is 1.38 bits per heavy atom. The molecule has 0 aliphatic heterocycles. The van der Waals surface area contributed by atoms with Gasteiger partial charge in [-0.25, -0.2) is 0 Å². The monoisotopic (exact) mass is 298 g/mol. The number of nitrogens with zero attached hydrogens (tertiary/aromatic N) is 2. The molecular weight excluding hydrogens is 285 g/mol. The minimum Gasteiger partial charge on any atom is -0.396 e. The molecular formula is C13H13F3N4O. The molecule has 0 fully saturated rings. The zero-order valence-electron chi connectivity index (χ0n) is 11.1. The van der Waals surface area contributed by atoms with Gasteiger partial charge in [0.1, 0.15) is 0 Å². The number of carbonyl (C=O) groups excluding carboxylic acids is 1. The summed E-state index contributed by atoms with van der Waals surface area (Å²) < 4.78 is 39.8. The lowest BCUT2D eigenvalue weighted by atomic mass is 10.1.